The van der Waals surface area contributed by atoms with Gasteiger partial charge in [-0.3, -0.25) is 4.79 Å². The van der Waals surface area contributed by atoms with Gasteiger partial charge >= 0.3 is 0 Å². The zero-order valence-electron chi connectivity index (χ0n) is 13.6. The van der Waals surface area contributed by atoms with Crippen molar-refractivity contribution in [1.29, 1.82) is 0 Å². The summed E-state index contributed by atoms with van der Waals surface area (Å²) in [5.74, 6) is 2.63. The Morgan fingerprint density at radius 1 is 1.29 bits per heavy atom. The van der Waals surface area contributed by atoms with Gasteiger partial charge in [0.05, 0.1) is 17.7 Å². The third kappa shape index (κ3) is 4.41. The molecule has 0 aliphatic carbocycles. The van der Waals surface area contributed by atoms with Gasteiger partial charge in [0, 0.05) is 13.2 Å². The van der Waals surface area contributed by atoms with Gasteiger partial charge in [-0.05, 0) is 36.2 Å². The SMILES string of the molecule is CN(CCOc1ccc(CC2SCNC2=O)cc1)c1ccccn1. The molecule has 1 aliphatic heterocycles. The molecular formula is C18H21N3O2S. The molecule has 24 heavy (non-hydrogen) atoms. The number of carbonyl (C=O) groups excluding carboxylic acids is 1. The first-order chi connectivity index (χ1) is 11.7. The van der Waals surface area contributed by atoms with Crippen molar-refractivity contribution in [1.82, 2.24) is 10.3 Å². The summed E-state index contributed by atoms with van der Waals surface area (Å²) in [7, 11) is 2.00. The standard InChI is InChI=1S/C18H21N3O2S/c1-21(17-4-2-3-9-19-17)10-11-23-15-7-5-14(6-8-15)12-16-18(22)20-13-24-16/h2-9,16H,10-13H2,1H3,(H,20,22). The summed E-state index contributed by atoms with van der Waals surface area (Å²) in [6.07, 6.45) is 2.55. The Balaban J connectivity index is 1.45. The van der Waals surface area contributed by atoms with Crippen LogP contribution in [-0.2, 0) is 11.2 Å². The molecule has 1 amide bonds. The van der Waals surface area contributed by atoms with Gasteiger partial charge in [-0.2, -0.15) is 0 Å². The second kappa shape index (κ2) is 8.06. The third-order valence-electron chi connectivity index (χ3n) is 3.90. The van der Waals surface area contributed by atoms with Gasteiger partial charge in [-0.1, -0.05) is 18.2 Å². The number of rotatable bonds is 7. The van der Waals surface area contributed by atoms with Crippen LogP contribution in [0, 0.1) is 0 Å². The van der Waals surface area contributed by atoms with Crippen LogP contribution in [0.2, 0.25) is 0 Å². The number of hydrogen-bond acceptors (Lipinski definition) is 5. The van der Waals surface area contributed by atoms with Crippen LogP contribution in [0.5, 0.6) is 5.75 Å². The van der Waals surface area contributed by atoms with E-state index in [9.17, 15) is 4.79 Å². The maximum atomic E-state index is 11.6. The largest absolute Gasteiger partial charge is 0.492 e. The van der Waals surface area contributed by atoms with Gasteiger partial charge in [-0.25, -0.2) is 4.98 Å². The maximum Gasteiger partial charge on any atom is 0.234 e. The Hall–Kier alpha value is -2.21. The molecule has 1 saturated heterocycles. The molecular weight excluding hydrogens is 322 g/mol. The Labute approximate surface area is 146 Å². The van der Waals surface area contributed by atoms with Gasteiger partial charge in [0.2, 0.25) is 5.91 Å². The second-order valence-electron chi connectivity index (χ2n) is 5.65. The van der Waals surface area contributed by atoms with Gasteiger partial charge < -0.3 is 15.0 Å². The number of nitrogens with zero attached hydrogens (tertiary/aromatic N) is 2. The van der Waals surface area contributed by atoms with Crippen molar-refractivity contribution in [2.24, 2.45) is 0 Å². The van der Waals surface area contributed by atoms with Crippen LogP contribution in [0.3, 0.4) is 0 Å². The zero-order valence-corrected chi connectivity index (χ0v) is 14.5. The summed E-state index contributed by atoms with van der Waals surface area (Å²) in [6, 6.07) is 13.9. The predicted octanol–water partition coefficient (Wildman–Crippen LogP) is 2.33. The fourth-order valence-electron chi connectivity index (χ4n) is 2.48. The summed E-state index contributed by atoms with van der Waals surface area (Å²) in [6.45, 7) is 1.35. The minimum absolute atomic E-state index is 0.0313. The number of benzene rings is 1. The van der Waals surface area contributed by atoms with Crippen LogP contribution in [0.1, 0.15) is 5.56 Å². The highest BCUT2D eigenvalue weighted by Crippen LogP contribution is 2.22. The van der Waals surface area contributed by atoms with E-state index < -0.39 is 0 Å². The van der Waals surface area contributed by atoms with Crippen LogP contribution in [0.4, 0.5) is 5.82 Å². The predicted molar refractivity (Wildman–Crippen MR) is 97.5 cm³/mol. The lowest BCUT2D eigenvalue weighted by atomic mass is 10.1. The van der Waals surface area contributed by atoms with E-state index in [1.807, 2.05) is 49.5 Å². The minimum Gasteiger partial charge on any atom is -0.492 e. The Bertz CT molecular complexity index is 664. The molecule has 6 heteroatoms. The summed E-state index contributed by atoms with van der Waals surface area (Å²) in [5.41, 5.74) is 1.16. The van der Waals surface area contributed by atoms with Crippen molar-refractivity contribution < 1.29 is 9.53 Å². The molecule has 2 heterocycles. The quantitative estimate of drug-likeness (QED) is 0.836. The molecule has 2 aromatic rings. The van der Waals surface area contributed by atoms with E-state index >= 15 is 0 Å². The van der Waals surface area contributed by atoms with E-state index in [0.717, 1.165) is 30.1 Å². The number of pyridine rings is 1. The summed E-state index contributed by atoms with van der Waals surface area (Å²) < 4.78 is 5.79. The fourth-order valence-corrected chi connectivity index (χ4v) is 3.46. The number of amides is 1. The van der Waals surface area contributed by atoms with Crippen molar-refractivity contribution >= 4 is 23.5 Å². The molecule has 0 saturated carbocycles. The van der Waals surface area contributed by atoms with E-state index in [2.05, 4.69) is 15.2 Å². The smallest absolute Gasteiger partial charge is 0.234 e. The molecule has 1 aromatic heterocycles. The Morgan fingerprint density at radius 3 is 2.79 bits per heavy atom. The number of likely N-dealkylation sites (N-methyl/N-ethyl adjacent to an activating group) is 1. The third-order valence-corrected chi connectivity index (χ3v) is 5.00. The van der Waals surface area contributed by atoms with E-state index in [-0.39, 0.29) is 11.2 Å². The highest BCUT2D eigenvalue weighted by molar-refractivity contribution is 8.01. The van der Waals surface area contributed by atoms with Crippen LogP contribution >= 0.6 is 11.8 Å². The first-order valence-corrected chi connectivity index (χ1v) is 9.00. The molecule has 0 bridgehead atoms. The van der Waals surface area contributed by atoms with Crippen molar-refractivity contribution in [3.05, 3.63) is 54.2 Å². The number of thioether (sulfide) groups is 1. The van der Waals surface area contributed by atoms with Gasteiger partial charge in [0.15, 0.2) is 0 Å². The normalized spacial score (nSPS) is 16.7. The molecule has 1 unspecified atom stereocenters. The Morgan fingerprint density at radius 2 is 2.12 bits per heavy atom. The molecule has 5 nitrogen and oxygen atoms in total. The molecule has 3 rings (SSSR count). The molecule has 0 spiro atoms. The number of hydrogen-bond donors (Lipinski definition) is 1. The molecule has 126 valence electrons. The lowest BCUT2D eigenvalue weighted by molar-refractivity contribution is -0.119. The summed E-state index contributed by atoms with van der Waals surface area (Å²) in [4.78, 5) is 18.0. The summed E-state index contributed by atoms with van der Waals surface area (Å²) in [5, 5.41) is 2.87. The topological polar surface area (TPSA) is 54.5 Å². The van der Waals surface area contributed by atoms with E-state index in [0.29, 0.717) is 12.5 Å². The van der Waals surface area contributed by atoms with Crippen LogP contribution in [0.15, 0.2) is 48.7 Å². The molecule has 0 radical (unpaired) electrons. The first-order valence-electron chi connectivity index (χ1n) is 7.95. The molecule has 1 fully saturated rings. The fraction of sp³-hybridized carbons (Fsp3) is 0.333. The summed E-state index contributed by atoms with van der Waals surface area (Å²) >= 11 is 1.66. The maximum absolute atomic E-state index is 11.6. The number of aromatic nitrogens is 1. The molecule has 1 aromatic carbocycles. The van der Waals surface area contributed by atoms with Crippen LogP contribution < -0.4 is 15.0 Å². The Kier molecular flexibility index (Phi) is 5.59. The lowest BCUT2D eigenvalue weighted by Gasteiger charge is -2.18. The van der Waals surface area contributed by atoms with E-state index in [4.69, 9.17) is 4.74 Å². The molecule has 1 aliphatic rings. The van der Waals surface area contributed by atoms with E-state index in [1.54, 1.807) is 18.0 Å². The molecule has 1 atom stereocenters. The van der Waals surface area contributed by atoms with Crippen LogP contribution in [-0.4, -0.2) is 42.2 Å². The van der Waals surface area contributed by atoms with Gasteiger partial charge in [0.1, 0.15) is 18.2 Å². The zero-order chi connectivity index (χ0) is 16.8. The van der Waals surface area contributed by atoms with Crippen molar-refractivity contribution in [2.45, 2.75) is 11.7 Å². The highest BCUT2D eigenvalue weighted by atomic mass is 32.2. The average Bonchev–Trinajstić information content (AvgIpc) is 3.02. The van der Waals surface area contributed by atoms with Gasteiger partial charge in [-0.15, -0.1) is 11.8 Å². The number of carbonyl (C=O) groups is 1. The lowest BCUT2D eigenvalue weighted by Crippen LogP contribution is -2.24. The monoisotopic (exact) mass is 343 g/mol. The second-order valence-corrected chi connectivity index (χ2v) is 6.84. The van der Waals surface area contributed by atoms with Gasteiger partial charge in [0.25, 0.3) is 0 Å². The van der Waals surface area contributed by atoms with Crippen molar-refractivity contribution in [3.8, 4) is 5.75 Å². The minimum atomic E-state index is 0.0313. The van der Waals surface area contributed by atoms with Crippen LogP contribution in [0.25, 0.3) is 0 Å². The van der Waals surface area contributed by atoms with E-state index in [1.165, 1.54) is 0 Å². The number of ether oxygens (including phenoxy) is 1. The molecule has 1 N–H and O–H groups in total. The number of nitrogens with one attached hydrogen (secondary N) is 1. The first kappa shape index (κ1) is 16.6. The van der Waals surface area contributed by atoms with Crippen molar-refractivity contribution in [2.75, 3.05) is 31.0 Å². The number of anilines is 1. The van der Waals surface area contributed by atoms with Crippen molar-refractivity contribution in [3.63, 3.8) is 0 Å². The highest BCUT2D eigenvalue weighted by Gasteiger charge is 2.24. The average molecular weight is 343 g/mol.